The van der Waals surface area contributed by atoms with E-state index in [1.54, 1.807) is 0 Å². The van der Waals surface area contributed by atoms with Gasteiger partial charge in [0.25, 0.3) is 0 Å². The Labute approximate surface area is 193 Å². The third kappa shape index (κ3) is 27.7. The molecule has 0 aliphatic rings. The fourth-order valence-electron chi connectivity index (χ4n) is 4.44. The van der Waals surface area contributed by atoms with Crippen LogP contribution in [0.1, 0.15) is 181 Å². The van der Waals surface area contributed by atoms with Gasteiger partial charge in [-0.1, -0.05) is 167 Å². The maximum Gasteiger partial charge on any atom is -0.0351 e. The van der Waals surface area contributed by atoms with E-state index in [2.05, 4.69) is 26.0 Å². The van der Waals surface area contributed by atoms with Crippen molar-refractivity contribution in [3.8, 4) is 0 Å². The SMILES string of the molecule is CCCCCCCC=CCCCCCCCCCCCCCCCCCCCCC. The van der Waals surface area contributed by atoms with Gasteiger partial charge >= 0.3 is 0 Å². The Kier molecular flexibility index (Phi) is 28.5. The molecule has 0 aromatic carbocycles. The summed E-state index contributed by atoms with van der Waals surface area (Å²) < 4.78 is 0. The smallest absolute Gasteiger partial charge is 0.0351 e. The van der Waals surface area contributed by atoms with E-state index in [0.29, 0.717) is 0 Å². The van der Waals surface area contributed by atoms with Crippen LogP contribution in [0.25, 0.3) is 0 Å². The molecule has 0 aliphatic carbocycles. The Bertz CT molecular complexity index is 303. The molecule has 0 heterocycles. The van der Waals surface area contributed by atoms with E-state index in [1.165, 1.54) is 167 Å². The van der Waals surface area contributed by atoms with E-state index in [0.717, 1.165) is 0 Å². The zero-order chi connectivity index (χ0) is 21.8. The molecule has 0 bridgehead atoms. The first-order valence-electron chi connectivity index (χ1n) is 14.6. The molecule has 0 aromatic rings. The molecular formula is C30H60. The first-order valence-corrected chi connectivity index (χ1v) is 14.6. The lowest BCUT2D eigenvalue weighted by molar-refractivity contribution is 0.523. The minimum atomic E-state index is 1.31. The molecule has 0 rings (SSSR count). The fraction of sp³-hybridized carbons (Fsp3) is 0.933. The zero-order valence-corrected chi connectivity index (χ0v) is 21.5. The molecule has 0 N–H and O–H groups in total. The summed E-state index contributed by atoms with van der Waals surface area (Å²) in [5, 5.41) is 0. The number of rotatable bonds is 26. The Morgan fingerprint density at radius 2 is 0.467 bits per heavy atom. The topological polar surface area (TPSA) is 0 Å². The van der Waals surface area contributed by atoms with Gasteiger partial charge in [0.2, 0.25) is 0 Å². The van der Waals surface area contributed by atoms with E-state index >= 15 is 0 Å². The highest BCUT2D eigenvalue weighted by atomic mass is 14.0. The Balaban J connectivity index is 3.03. The average molecular weight is 421 g/mol. The number of unbranched alkanes of at least 4 members (excludes halogenated alkanes) is 24. The van der Waals surface area contributed by atoms with Gasteiger partial charge in [-0.25, -0.2) is 0 Å². The summed E-state index contributed by atoms with van der Waals surface area (Å²) in [5.41, 5.74) is 0. The molecule has 30 heavy (non-hydrogen) atoms. The summed E-state index contributed by atoms with van der Waals surface area (Å²) in [6.45, 7) is 4.60. The molecule has 0 saturated heterocycles. The summed E-state index contributed by atoms with van der Waals surface area (Å²) in [4.78, 5) is 0. The van der Waals surface area contributed by atoms with Crippen LogP contribution < -0.4 is 0 Å². The molecule has 180 valence electrons. The lowest BCUT2D eigenvalue weighted by Gasteiger charge is -2.03. The molecular weight excluding hydrogens is 360 g/mol. The molecule has 0 spiro atoms. The van der Waals surface area contributed by atoms with Gasteiger partial charge in [-0.3, -0.25) is 0 Å². The van der Waals surface area contributed by atoms with Crippen molar-refractivity contribution < 1.29 is 0 Å². The van der Waals surface area contributed by atoms with E-state index in [9.17, 15) is 0 Å². The lowest BCUT2D eigenvalue weighted by Crippen LogP contribution is -1.84. The molecule has 0 amide bonds. The molecule has 0 heteroatoms. The van der Waals surface area contributed by atoms with Gasteiger partial charge in [-0.15, -0.1) is 0 Å². The first-order chi connectivity index (χ1) is 14.9. The van der Waals surface area contributed by atoms with Gasteiger partial charge in [-0.05, 0) is 25.7 Å². The highest BCUT2D eigenvalue weighted by Gasteiger charge is 1.95. The fourth-order valence-corrected chi connectivity index (χ4v) is 4.44. The quantitative estimate of drug-likeness (QED) is 0.0963. The van der Waals surface area contributed by atoms with Crippen molar-refractivity contribution in [2.45, 2.75) is 181 Å². The van der Waals surface area contributed by atoms with Gasteiger partial charge in [-0.2, -0.15) is 0 Å². The summed E-state index contributed by atoms with van der Waals surface area (Å²) in [6.07, 6.45) is 42.4. The van der Waals surface area contributed by atoms with Crippen LogP contribution in [-0.2, 0) is 0 Å². The van der Waals surface area contributed by atoms with Crippen molar-refractivity contribution in [3.63, 3.8) is 0 Å². The first kappa shape index (κ1) is 29.7. The third-order valence-electron chi connectivity index (χ3n) is 6.62. The maximum atomic E-state index is 2.44. The van der Waals surface area contributed by atoms with E-state index in [-0.39, 0.29) is 0 Å². The third-order valence-corrected chi connectivity index (χ3v) is 6.62. The standard InChI is InChI=1S/C30H60/c1-3-5-7-9-11-13-15-17-19-21-23-25-27-29-30-28-26-24-22-20-18-16-14-12-10-8-6-4-2/h15,17H,3-14,16,18-30H2,1-2H3. The van der Waals surface area contributed by atoms with Gasteiger partial charge < -0.3 is 0 Å². The highest BCUT2D eigenvalue weighted by molar-refractivity contribution is 4.81. The van der Waals surface area contributed by atoms with E-state index in [1.807, 2.05) is 0 Å². The van der Waals surface area contributed by atoms with Crippen molar-refractivity contribution in [1.82, 2.24) is 0 Å². The Hall–Kier alpha value is -0.260. The van der Waals surface area contributed by atoms with Crippen LogP contribution in [0.5, 0.6) is 0 Å². The molecule has 0 nitrogen and oxygen atoms in total. The van der Waals surface area contributed by atoms with Gasteiger partial charge in [0.1, 0.15) is 0 Å². The average Bonchev–Trinajstić information content (AvgIpc) is 2.76. The second-order valence-electron chi connectivity index (χ2n) is 9.83. The van der Waals surface area contributed by atoms with Crippen LogP contribution in [-0.4, -0.2) is 0 Å². The van der Waals surface area contributed by atoms with Crippen LogP contribution >= 0.6 is 0 Å². The molecule has 0 unspecified atom stereocenters. The van der Waals surface area contributed by atoms with Crippen molar-refractivity contribution in [2.24, 2.45) is 0 Å². The summed E-state index contributed by atoms with van der Waals surface area (Å²) >= 11 is 0. The van der Waals surface area contributed by atoms with Crippen molar-refractivity contribution in [2.75, 3.05) is 0 Å². The maximum absolute atomic E-state index is 2.44. The Morgan fingerprint density at radius 1 is 0.267 bits per heavy atom. The number of allylic oxidation sites excluding steroid dienone is 2. The van der Waals surface area contributed by atoms with Crippen molar-refractivity contribution >= 4 is 0 Å². The molecule has 0 aromatic heterocycles. The van der Waals surface area contributed by atoms with Gasteiger partial charge in [0.15, 0.2) is 0 Å². The lowest BCUT2D eigenvalue weighted by atomic mass is 10.0. The second-order valence-corrected chi connectivity index (χ2v) is 9.83. The predicted octanol–water partition coefficient (Wildman–Crippen LogP) is 11.7. The molecule has 0 atom stereocenters. The minimum absolute atomic E-state index is 1.31. The van der Waals surface area contributed by atoms with Crippen molar-refractivity contribution in [3.05, 3.63) is 12.2 Å². The van der Waals surface area contributed by atoms with Crippen molar-refractivity contribution in [1.29, 1.82) is 0 Å². The van der Waals surface area contributed by atoms with E-state index < -0.39 is 0 Å². The normalized spacial score (nSPS) is 11.7. The number of hydrogen-bond acceptors (Lipinski definition) is 0. The highest BCUT2D eigenvalue weighted by Crippen LogP contribution is 2.15. The zero-order valence-electron chi connectivity index (χ0n) is 21.5. The van der Waals surface area contributed by atoms with Crippen LogP contribution in [0.15, 0.2) is 12.2 Å². The minimum Gasteiger partial charge on any atom is -0.0885 e. The molecule has 0 saturated carbocycles. The molecule has 0 radical (unpaired) electrons. The number of hydrogen-bond donors (Lipinski definition) is 0. The van der Waals surface area contributed by atoms with Gasteiger partial charge in [0, 0.05) is 0 Å². The molecule has 0 aliphatic heterocycles. The van der Waals surface area contributed by atoms with Crippen LogP contribution in [0.3, 0.4) is 0 Å². The largest absolute Gasteiger partial charge is 0.0885 e. The monoisotopic (exact) mass is 420 g/mol. The van der Waals surface area contributed by atoms with Crippen LogP contribution in [0.2, 0.25) is 0 Å². The van der Waals surface area contributed by atoms with Crippen LogP contribution in [0.4, 0.5) is 0 Å². The summed E-state index contributed by atoms with van der Waals surface area (Å²) in [6, 6.07) is 0. The molecule has 0 fully saturated rings. The van der Waals surface area contributed by atoms with Crippen LogP contribution in [0, 0.1) is 0 Å². The second kappa shape index (κ2) is 28.7. The Morgan fingerprint density at radius 3 is 0.700 bits per heavy atom. The summed E-state index contributed by atoms with van der Waals surface area (Å²) in [7, 11) is 0. The van der Waals surface area contributed by atoms with E-state index in [4.69, 9.17) is 0 Å². The summed E-state index contributed by atoms with van der Waals surface area (Å²) in [5.74, 6) is 0. The predicted molar refractivity (Wildman–Crippen MR) is 141 cm³/mol. The van der Waals surface area contributed by atoms with Gasteiger partial charge in [0.05, 0.1) is 0 Å².